The lowest BCUT2D eigenvalue weighted by atomic mass is 9.94. The highest BCUT2D eigenvalue weighted by Crippen LogP contribution is 2.29. The fourth-order valence-corrected chi connectivity index (χ4v) is 3.88. The molecule has 2 amide bonds. The molecule has 1 saturated carbocycles. The number of nitrogens with one attached hydrogen (secondary N) is 2. The van der Waals surface area contributed by atoms with Crippen molar-refractivity contribution in [2.75, 3.05) is 23.8 Å². The Morgan fingerprint density at radius 3 is 2.76 bits per heavy atom. The number of anilines is 2. The van der Waals surface area contributed by atoms with Crippen LogP contribution in [0.2, 0.25) is 0 Å². The van der Waals surface area contributed by atoms with Crippen LogP contribution in [0, 0.1) is 5.82 Å². The molecule has 0 unspecified atom stereocenters. The third-order valence-electron chi connectivity index (χ3n) is 5.55. The Bertz CT molecular complexity index is 815. The minimum atomic E-state index is -0.367. The Labute approximate surface area is 171 Å². The molecule has 1 heterocycles. The van der Waals surface area contributed by atoms with E-state index in [9.17, 15) is 9.18 Å². The summed E-state index contributed by atoms with van der Waals surface area (Å²) in [5.74, 6) is 0.502. The largest absolute Gasteiger partial charge is 0.369 e. The number of benzene rings is 1. The van der Waals surface area contributed by atoms with Crippen LogP contribution >= 0.6 is 0 Å². The number of nitrogens with zero attached hydrogens (tertiary/aromatic N) is 4. The molecular weight excluding hydrogens is 371 g/mol. The first-order valence-electron chi connectivity index (χ1n) is 10.4. The van der Waals surface area contributed by atoms with Crippen molar-refractivity contribution in [2.45, 2.75) is 64.5 Å². The predicted molar refractivity (Wildman–Crippen MR) is 113 cm³/mol. The van der Waals surface area contributed by atoms with Crippen LogP contribution in [0.3, 0.4) is 0 Å². The van der Waals surface area contributed by atoms with Crippen LogP contribution in [0.25, 0.3) is 0 Å². The zero-order valence-electron chi connectivity index (χ0n) is 17.5. The van der Waals surface area contributed by atoms with Gasteiger partial charge in [0.25, 0.3) is 0 Å². The molecule has 1 aromatic carbocycles. The molecule has 1 aliphatic rings. The topological polar surface area (TPSA) is 75.1 Å². The second-order valence-electron chi connectivity index (χ2n) is 7.95. The van der Waals surface area contributed by atoms with E-state index in [4.69, 9.17) is 0 Å². The van der Waals surface area contributed by atoms with E-state index in [1.54, 1.807) is 18.5 Å². The van der Waals surface area contributed by atoms with Crippen LogP contribution in [-0.2, 0) is 6.42 Å². The maximum Gasteiger partial charge on any atom is 0.319 e. The molecule has 2 aromatic rings. The number of urea groups is 1. The Morgan fingerprint density at radius 2 is 2.07 bits per heavy atom. The quantitative estimate of drug-likeness (QED) is 0.730. The summed E-state index contributed by atoms with van der Waals surface area (Å²) in [4.78, 5) is 14.2. The number of carbonyl (C=O) groups excluding carboxylic acids is 1. The second kappa shape index (κ2) is 9.71. The molecule has 0 radical (unpaired) electrons. The van der Waals surface area contributed by atoms with E-state index in [1.807, 2.05) is 16.5 Å². The summed E-state index contributed by atoms with van der Waals surface area (Å²) in [7, 11) is 1.95. The summed E-state index contributed by atoms with van der Waals surface area (Å²) in [5.41, 5.74) is 1.02. The van der Waals surface area contributed by atoms with Crippen LogP contribution in [0.15, 0.2) is 24.5 Å². The summed E-state index contributed by atoms with van der Waals surface area (Å²) < 4.78 is 16.6. The third-order valence-corrected chi connectivity index (χ3v) is 5.55. The lowest BCUT2D eigenvalue weighted by molar-refractivity contribution is 0.252. The minimum Gasteiger partial charge on any atom is -0.369 e. The summed E-state index contributed by atoms with van der Waals surface area (Å²) in [6, 6.07) is 5.14. The molecule has 1 aliphatic carbocycles. The van der Waals surface area contributed by atoms with Crippen molar-refractivity contribution in [1.82, 2.24) is 20.1 Å². The van der Waals surface area contributed by atoms with Crippen molar-refractivity contribution in [2.24, 2.45) is 0 Å². The molecule has 0 spiro atoms. The summed E-state index contributed by atoms with van der Waals surface area (Å²) in [6.07, 6.45) is 8.13. The molecule has 158 valence electrons. The first-order chi connectivity index (χ1) is 14.0. The van der Waals surface area contributed by atoms with Crippen molar-refractivity contribution in [3.63, 3.8) is 0 Å². The zero-order chi connectivity index (χ0) is 20.8. The van der Waals surface area contributed by atoms with E-state index in [0.29, 0.717) is 30.4 Å². The van der Waals surface area contributed by atoms with Gasteiger partial charge in [-0.15, -0.1) is 10.2 Å². The number of halogens is 1. The third kappa shape index (κ3) is 5.46. The van der Waals surface area contributed by atoms with E-state index in [-0.39, 0.29) is 17.9 Å². The minimum absolute atomic E-state index is 0.266. The van der Waals surface area contributed by atoms with E-state index in [2.05, 4.69) is 34.7 Å². The monoisotopic (exact) mass is 402 g/mol. The molecule has 0 bridgehead atoms. The average Bonchev–Trinajstić information content (AvgIpc) is 3.17. The predicted octanol–water partition coefficient (Wildman–Crippen LogP) is 4.13. The van der Waals surface area contributed by atoms with Crippen molar-refractivity contribution in [3.05, 3.63) is 36.2 Å². The molecule has 7 nitrogen and oxygen atoms in total. The van der Waals surface area contributed by atoms with Crippen molar-refractivity contribution >= 4 is 17.4 Å². The first-order valence-corrected chi connectivity index (χ1v) is 10.4. The zero-order valence-corrected chi connectivity index (χ0v) is 17.5. The SMILES string of the molecule is CC(C)n1cnnc1CCNC(=O)Nc1ccc(N(C)C2CCCCC2)c(F)c1. The number of hydrogen-bond donors (Lipinski definition) is 2. The van der Waals surface area contributed by atoms with E-state index < -0.39 is 0 Å². The number of amides is 2. The van der Waals surface area contributed by atoms with Gasteiger partial charge < -0.3 is 20.1 Å². The highest BCUT2D eigenvalue weighted by atomic mass is 19.1. The number of aromatic nitrogens is 3. The maximum absolute atomic E-state index is 14.6. The highest BCUT2D eigenvalue weighted by Gasteiger charge is 2.20. The Balaban J connectivity index is 1.51. The van der Waals surface area contributed by atoms with Gasteiger partial charge in [-0.2, -0.15) is 0 Å². The fraction of sp³-hybridized carbons (Fsp3) is 0.571. The van der Waals surface area contributed by atoms with Gasteiger partial charge in [-0.05, 0) is 44.9 Å². The van der Waals surface area contributed by atoms with Crippen molar-refractivity contribution < 1.29 is 9.18 Å². The van der Waals surface area contributed by atoms with Gasteiger partial charge in [-0.1, -0.05) is 19.3 Å². The van der Waals surface area contributed by atoms with Crippen molar-refractivity contribution in [3.8, 4) is 0 Å². The smallest absolute Gasteiger partial charge is 0.319 e. The van der Waals surface area contributed by atoms with Gasteiger partial charge in [0.15, 0.2) is 0 Å². The van der Waals surface area contributed by atoms with E-state index in [0.717, 1.165) is 18.7 Å². The molecule has 1 fully saturated rings. The van der Waals surface area contributed by atoms with Gasteiger partial charge in [-0.3, -0.25) is 0 Å². The van der Waals surface area contributed by atoms with E-state index >= 15 is 0 Å². The van der Waals surface area contributed by atoms with Gasteiger partial charge in [0.1, 0.15) is 18.0 Å². The number of hydrogen-bond acceptors (Lipinski definition) is 4. The molecule has 0 atom stereocenters. The van der Waals surface area contributed by atoms with Crippen LogP contribution in [0.5, 0.6) is 0 Å². The Hall–Kier alpha value is -2.64. The summed E-state index contributed by atoms with van der Waals surface area (Å²) in [6.45, 7) is 4.52. The molecule has 8 heteroatoms. The second-order valence-corrected chi connectivity index (χ2v) is 7.95. The number of rotatable bonds is 7. The average molecular weight is 403 g/mol. The fourth-order valence-electron chi connectivity index (χ4n) is 3.88. The molecule has 3 rings (SSSR count). The normalized spacial score (nSPS) is 14.8. The molecule has 0 aliphatic heterocycles. The van der Waals surface area contributed by atoms with Crippen molar-refractivity contribution in [1.29, 1.82) is 0 Å². The van der Waals surface area contributed by atoms with Crippen LogP contribution < -0.4 is 15.5 Å². The van der Waals surface area contributed by atoms with E-state index in [1.165, 1.54) is 25.3 Å². The van der Waals surface area contributed by atoms with Gasteiger partial charge >= 0.3 is 6.03 Å². The maximum atomic E-state index is 14.6. The van der Waals surface area contributed by atoms with Gasteiger partial charge in [0.2, 0.25) is 0 Å². The molecule has 1 aromatic heterocycles. The van der Waals surface area contributed by atoms with Gasteiger partial charge in [0.05, 0.1) is 5.69 Å². The highest BCUT2D eigenvalue weighted by molar-refractivity contribution is 5.89. The summed E-state index contributed by atoms with van der Waals surface area (Å²) in [5, 5.41) is 13.5. The first kappa shape index (κ1) is 21.1. The van der Waals surface area contributed by atoms with Crippen LogP contribution in [0.4, 0.5) is 20.6 Å². The van der Waals surface area contributed by atoms with Crippen LogP contribution in [0.1, 0.15) is 57.8 Å². The standard InChI is InChI=1S/C21H31FN6O/c1-15(2)28-14-24-26-20(28)11-12-23-21(29)25-16-9-10-19(18(22)13-16)27(3)17-7-5-4-6-8-17/h9-10,13-15,17H,4-8,11-12H2,1-3H3,(H2,23,25,29). The Kier molecular flexibility index (Phi) is 7.06. The summed E-state index contributed by atoms with van der Waals surface area (Å²) >= 11 is 0. The van der Waals surface area contributed by atoms with Gasteiger partial charge in [-0.25, -0.2) is 9.18 Å². The lowest BCUT2D eigenvalue weighted by Crippen LogP contribution is -2.34. The van der Waals surface area contributed by atoms with Gasteiger partial charge in [0, 0.05) is 37.8 Å². The molecule has 29 heavy (non-hydrogen) atoms. The lowest BCUT2D eigenvalue weighted by Gasteiger charge is -2.33. The molecule has 0 saturated heterocycles. The Morgan fingerprint density at radius 1 is 1.31 bits per heavy atom. The molecular formula is C21H31FN6O. The molecule has 2 N–H and O–H groups in total. The number of carbonyl (C=O) groups is 1. The van der Waals surface area contributed by atoms with Crippen LogP contribution in [-0.4, -0.2) is 40.4 Å².